The summed E-state index contributed by atoms with van der Waals surface area (Å²) in [5.41, 5.74) is 4.44. The maximum absolute atomic E-state index is 6.24. The zero-order valence-corrected chi connectivity index (χ0v) is 25.2. The zero-order valence-electron chi connectivity index (χ0n) is 25.2. The van der Waals surface area contributed by atoms with Crippen LogP contribution < -0.4 is 0 Å². The van der Waals surface area contributed by atoms with Crippen molar-refractivity contribution in [1.82, 2.24) is 15.0 Å². The molecule has 0 saturated carbocycles. The van der Waals surface area contributed by atoms with E-state index in [1.54, 1.807) is 0 Å². The molecule has 2 aromatic heterocycles. The molecule has 0 bridgehead atoms. The fourth-order valence-corrected chi connectivity index (χ4v) is 7.00. The van der Waals surface area contributed by atoms with E-state index < -0.39 is 0 Å². The van der Waals surface area contributed by atoms with Crippen molar-refractivity contribution in [2.24, 2.45) is 0 Å². The van der Waals surface area contributed by atoms with Gasteiger partial charge in [-0.15, -0.1) is 0 Å². The molecule has 0 aliphatic carbocycles. The van der Waals surface area contributed by atoms with E-state index in [2.05, 4.69) is 121 Å². The second-order valence-corrected chi connectivity index (χ2v) is 12.0. The monoisotopic (exact) mass is 599 g/mol. The van der Waals surface area contributed by atoms with Gasteiger partial charge in [0.25, 0.3) is 0 Å². The van der Waals surface area contributed by atoms with Gasteiger partial charge < -0.3 is 4.42 Å². The molecular formula is C43H25N3O. The maximum Gasteiger partial charge on any atom is 0.164 e. The van der Waals surface area contributed by atoms with Crippen molar-refractivity contribution in [3.05, 3.63) is 152 Å². The van der Waals surface area contributed by atoms with Crippen LogP contribution in [0.3, 0.4) is 0 Å². The van der Waals surface area contributed by atoms with Gasteiger partial charge in [-0.25, -0.2) is 15.0 Å². The lowest BCUT2D eigenvalue weighted by atomic mass is 9.96. The second-order valence-electron chi connectivity index (χ2n) is 12.0. The molecule has 0 aliphatic heterocycles. The lowest BCUT2D eigenvalue weighted by Crippen LogP contribution is -2.00. The van der Waals surface area contributed by atoms with Crippen LogP contribution in [-0.4, -0.2) is 15.0 Å². The van der Waals surface area contributed by atoms with E-state index in [9.17, 15) is 0 Å². The van der Waals surface area contributed by atoms with Crippen molar-refractivity contribution in [2.45, 2.75) is 0 Å². The number of hydrogen-bond donors (Lipinski definition) is 0. The van der Waals surface area contributed by atoms with Gasteiger partial charge in [-0.05, 0) is 67.4 Å². The molecule has 0 unspecified atom stereocenters. The molecule has 0 amide bonds. The summed E-state index contributed by atoms with van der Waals surface area (Å²) in [4.78, 5) is 15.4. The lowest BCUT2D eigenvalue weighted by Gasteiger charge is -2.12. The van der Waals surface area contributed by atoms with Crippen molar-refractivity contribution in [3.8, 4) is 34.2 Å². The predicted molar refractivity (Wildman–Crippen MR) is 193 cm³/mol. The summed E-state index contributed by atoms with van der Waals surface area (Å²) >= 11 is 0. The van der Waals surface area contributed by atoms with Gasteiger partial charge in [-0.3, -0.25) is 0 Å². The molecule has 0 spiro atoms. The Bertz CT molecular complexity index is 2870. The molecule has 47 heavy (non-hydrogen) atoms. The van der Waals surface area contributed by atoms with E-state index in [1.807, 2.05) is 30.3 Å². The minimum Gasteiger partial charge on any atom is -0.456 e. The summed E-state index contributed by atoms with van der Waals surface area (Å²) in [6.07, 6.45) is 0. The highest BCUT2D eigenvalue weighted by Crippen LogP contribution is 2.38. The van der Waals surface area contributed by atoms with Gasteiger partial charge >= 0.3 is 0 Å². The summed E-state index contributed by atoms with van der Waals surface area (Å²) < 4.78 is 6.24. The number of nitrogens with zero attached hydrogens (tertiary/aromatic N) is 3. The Morgan fingerprint density at radius 2 is 0.915 bits per heavy atom. The quantitative estimate of drug-likeness (QED) is 0.190. The number of furan rings is 1. The number of benzene rings is 8. The largest absolute Gasteiger partial charge is 0.456 e. The van der Waals surface area contributed by atoms with Gasteiger partial charge in [0.05, 0.1) is 0 Å². The highest BCUT2D eigenvalue weighted by Gasteiger charge is 2.18. The van der Waals surface area contributed by atoms with Gasteiger partial charge in [0, 0.05) is 27.5 Å². The molecule has 0 saturated heterocycles. The third-order valence-corrected chi connectivity index (χ3v) is 9.29. The highest BCUT2D eigenvalue weighted by atomic mass is 16.3. The molecule has 0 N–H and O–H groups in total. The van der Waals surface area contributed by atoms with Crippen molar-refractivity contribution >= 4 is 65.0 Å². The topological polar surface area (TPSA) is 51.8 Å². The molecular weight excluding hydrogens is 574 g/mol. The average Bonchev–Trinajstić information content (AvgIpc) is 3.53. The van der Waals surface area contributed by atoms with Gasteiger partial charge in [-0.2, -0.15) is 0 Å². The van der Waals surface area contributed by atoms with Crippen molar-refractivity contribution < 1.29 is 4.42 Å². The van der Waals surface area contributed by atoms with E-state index in [0.29, 0.717) is 17.5 Å². The van der Waals surface area contributed by atoms with Gasteiger partial charge in [-0.1, -0.05) is 127 Å². The van der Waals surface area contributed by atoms with Crippen LogP contribution in [0, 0.1) is 0 Å². The summed E-state index contributed by atoms with van der Waals surface area (Å²) in [5.74, 6) is 1.87. The second kappa shape index (κ2) is 10.1. The van der Waals surface area contributed by atoms with Crippen LogP contribution in [0.1, 0.15) is 0 Å². The van der Waals surface area contributed by atoms with Crippen LogP contribution >= 0.6 is 0 Å². The summed E-state index contributed by atoms with van der Waals surface area (Å²) in [6.45, 7) is 0. The highest BCUT2D eigenvalue weighted by molar-refractivity contribution is 6.18. The molecule has 0 fully saturated rings. The Hall–Kier alpha value is -6.39. The first-order valence-electron chi connectivity index (χ1n) is 15.8. The number of hydrogen-bond acceptors (Lipinski definition) is 4. The Morgan fingerprint density at radius 1 is 0.340 bits per heavy atom. The van der Waals surface area contributed by atoms with E-state index in [1.165, 1.54) is 37.7 Å². The van der Waals surface area contributed by atoms with E-state index >= 15 is 0 Å². The third kappa shape index (κ3) is 4.12. The fraction of sp³-hybridized carbons (Fsp3) is 0. The summed E-state index contributed by atoms with van der Waals surface area (Å²) in [5, 5.41) is 11.6. The van der Waals surface area contributed by atoms with E-state index in [4.69, 9.17) is 19.4 Å². The molecule has 8 aromatic carbocycles. The molecule has 2 heterocycles. The van der Waals surface area contributed by atoms with E-state index in [-0.39, 0.29) is 0 Å². The van der Waals surface area contributed by atoms with Crippen LogP contribution in [0.5, 0.6) is 0 Å². The molecule has 4 heteroatoms. The minimum absolute atomic E-state index is 0.610. The molecule has 4 nitrogen and oxygen atoms in total. The Labute approximate surface area is 269 Å². The number of para-hydroxylation sites is 1. The first-order chi connectivity index (χ1) is 23.3. The zero-order chi connectivity index (χ0) is 30.9. The molecule has 0 aliphatic rings. The normalized spacial score (nSPS) is 11.8. The smallest absolute Gasteiger partial charge is 0.164 e. The first kappa shape index (κ1) is 25.9. The summed E-state index contributed by atoms with van der Waals surface area (Å²) in [6, 6.07) is 52.9. The van der Waals surface area contributed by atoms with Gasteiger partial charge in [0.15, 0.2) is 17.5 Å². The number of aromatic nitrogens is 3. The van der Waals surface area contributed by atoms with Crippen LogP contribution in [0.4, 0.5) is 0 Å². The first-order valence-corrected chi connectivity index (χ1v) is 15.8. The summed E-state index contributed by atoms with van der Waals surface area (Å²) in [7, 11) is 0. The fourth-order valence-electron chi connectivity index (χ4n) is 7.00. The molecule has 10 aromatic rings. The van der Waals surface area contributed by atoms with Crippen molar-refractivity contribution in [1.29, 1.82) is 0 Å². The van der Waals surface area contributed by atoms with Gasteiger partial charge in [0.2, 0.25) is 0 Å². The maximum atomic E-state index is 6.24. The van der Waals surface area contributed by atoms with Crippen LogP contribution in [0.15, 0.2) is 156 Å². The average molecular weight is 600 g/mol. The third-order valence-electron chi connectivity index (χ3n) is 9.29. The van der Waals surface area contributed by atoms with Crippen LogP contribution in [-0.2, 0) is 0 Å². The molecule has 0 radical (unpaired) electrons. The van der Waals surface area contributed by atoms with Gasteiger partial charge in [0.1, 0.15) is 11.2 Å². The minimum atomic E-state index is 0.610. The predicted octanol–water partition coefficient (Wildman–Crippen LogP) is 11.4. The lowest BCUT2D eigenvalue weighted by molar-refractivity contribution is 0.669. The Balaban J connectivity index is 1.24. The van der Waals surface area contributed by atoms with Crippen LogP contribution in [0.2, 0.25) is 0 Å². The van der Waals surface area contributed by atoms with Crippen molar-refractivity contribution in [3.63, 3.8) is 0 Å². The Kier molecular flexibility index (Phi) is 5.54. The molecule has 0 atom stereocenters. The standard InChI is InChI=1S/C43H25N3O/c1-2-10-29-24-30(18-16-26(29)8-1)41-44-42(46-43(45-41)36-13-7-15-39-40(36)35-12-5-6-14-38(35)47-39)31-19-17-28-21-22-33-32-11-4-3-9-27(32)20-23-34(33)37(28)25-31/h1-25H. The SMILES string of the molecule is c1ccc2cc(-c3nc(-c4ccc5ccc6c7ccccc7ccc6c5c4)nc(-c4cccc5oc6ccccc6c45)n3)ccc2c1. The van der Waals surface area contributed by atoms with E-state index in [0.717, 1.165) is 44.0 Å². The Morgan fingerprint density at radius 3 is 1.74 bits per heavy atom. The van der Waals surface area contributed by atoms with Crippen molar-refractivity contribution in [2.75, 3.05) is 0 Å². The molecule has 218 valence electrons. The number of fused-ring (bicyclic) bond motifs is 9. The number of rotatable bonds is 3. The molecule has 10 rings (SSSR count). The van der Waals surface area contributed by atoms with Crippen LogP contribution in [0.25, 0.3) is 99.2 Å².